The Labute approximate surface area is 66.4 Å². The first-order chi connectivity index (χ1) is 5.31. The lowest BCUT2D eigenvalue weighted by Crippen LogP contribution is -2.34. The number of alkyl halides is 1. The number of carbonyl (C=O) groups is 1. The average molecular weight is 162 g/mol. The number of hydrogen-bond donors (Lipinski definition) is 2. The zero-order valence-corrected chi connectivity index (χ0v) is 6.82. The molecule has 0 radical (unpaired) electrons. The van der Waals surface area contributed by atoms with Crippen molar-refractivity contribution in [3.63, 3.8) is 0 Å². The van der Waals surface area contributed by atoms with Crippen LogP contribution in [0, 0.1) is 0 Å². The van der Waals surface area contributed by atoms with Crippen LogP contribution < -0.4 is 10.6 Å². The second-order valence-corrected chi connectivity index (χ2v) is 2.17. The number of likely N-dealkylation sites (N-methyl/N-ethyl adjacent to an activating group) is 1. The van der Waals surface area contributed by atoms with E-state index in [1.54, 1.807) is 0 Å². The van der Waals surface area contributed by atoms with Gasteiger partial charge >= 0.3 is 0 Å². The molecule has 0 fully saturated rings. The molecule has 66 valence electrons. The molecule has 0 aliphatic carbocycles. The van der Waals surface area contributed by atoms with Crippen LogP contribution in [0.2, 0.25) is 0 Å². The molecule has 0 aliphatic heterocycles. The van der Waals surface area contributed by atoms with Crippen molar-refractivity contribution in [3.8, 4) is 0 Å². The number of halogens is 1. The Morgan fingerprint density at radius 2 is 2.27 bits per heavy atom. The number of carbonyl (C=O) groups excluding carboxylic acids is 1. The van der Waals surface area contributed by atoms with E-state index in [0.29, 0.717) is 19.5 Å². The summed E-state index contributed by atoms with van der Waals surface area (Å²) in [6, 6.07) is 0. The molecule has 0 rings (SSSR count). The highest BCUT2D eigenvalue weighted by molar-refractivity contribution is 5.77. The summed E-state index contributed by atoms with van der Waals surface area (Å²) in [4.78, 5) is 10.7. The van der Waals surface area contributed by atoms with Crippen LogP contribution in [0.5, 0.6) is 0 Å². The van der Waals surface area contributed by atoms with Gasteiger partial charge in [-0.3, -0.25) is 9.18 Å². The van der Waals surface area contributed by atoms with E-state index in [-0.39, 0.29) is 19.1 Å². The molecule has 0 atom stereocenters. The van der Waals surface area contributed by atoms with Crippen molar-refractivity contribution < 1.29 is 9.18 Å². The normalized spacial score (nSPS) is 9.64. The highest BCUT2D eigenvalue weighted by atomic mass is 19.1. The topological polar surface area (TPSA) is 41.1 Å². The molecule has 0 heterocycles. The van der Waals surface area contributed by atoms with E-state index in [1.807, 2.05) is 6.92 Å². The molecule has 0 bridgehead atoms. The van der Waals surface area contributed by atoms with Crippen LogP contribution in [0.1, 0.15) is 13.3 Å². The van der Waals surface area contributed by atoms with Gasteiger partial charge in [0.05, 0.1) is 13.2 Å². The monoisotopic (exact) mass is 162 g/mol. The second-order valence-electron chi connectivity index (χ2n) is 2.17. The number of amides is 1. The molecule has 4 heteroatoms. The molecule has 11 heavy (non-hydrogen) atoms. The molecule has 0 aromatic rings. The van der Waals surface area contributed by atoms with Crippen molar-refractivity contribution in [1.82, 2.24) is 10.6 Å². The molecule has 0 spiro atoms. The second kappa shape index (κ2) is 7.47. The van der Waals surface area contributed by atoms with E-state index in [0.717, 1.165) is 0 Å². The predicted molar refractivity (Wildman–Crippen MR) is 42.1 cm³/mol. The van der Waals surface area contributed by atoms with Crippen LogP contribution in [0.15, 0.2) is 0 Å². The first kappa shape index (κ1) is 10.4. The van der Waals surface area contributed by atoms with Gasteiger partial charge in [0.2, 0.25) is 5.91 Å². The standard InChI is InChI=1S/C7H15FN2O/c1-2-10-7(11)6-9-5-3-4-8/h9H,2-6H2,1H3,(H,10,11). The molecule has 0 saturated carbocycles. The summed E-state index contributed by atoms with van der Waals surface area (Å²) in [6.07, 6.45) is 0.472. The third-order valence-electron chi connectivity index (χ3n) is 1.15. The molecule has 0 aliphatic rings. The fraction of sp³-hybridized carbons (Fsp3) is 0.857. The zero-order chi connectivity index (χ0) is 8.53. The maximum Gasteiger partial charge on any atom is 0.233 e. The fourth-order valence-corrected chi connectivity index (χ4v) is 0.653. The Balaban J connectivity index is 3.04. The molecule has 1 amide bonds. The smallest absolute Gasteiger partial charge is 0.233 e. The van der Waals surface area contributed by atoms with Gasteiger partial charge in [0.1, 0.15) is 0 Å². The van der Waals surface area contributed by atoms with Crippen molar-refractivity contribution in [2.75, 3.05) is 26.3 Å². The zero-order valence-electron chi connectivity index (χ0n) is 6.82. The number of nitrogens with one attached hydrogen (secondary N) is 2. The van der Waals surface area contributed by atoms with Gasteiger partial charge in [0.25, 0.3) is 0 Å². The highest BCUT2D eigenvalue weighted by Gasteiger charge is 1.95. The van der Waals surface area contributed by atoms with Crippen molar-refractivity contribution in [1.29, 1.82) is 0 Å². The molecule has 2 N–H and O–H groups in total. The lowest BCUT2D eigenvalue weighted by Gasteiger charge is -2.02. The Hall–Kier alpha value is -0.640. The summed E-state index contributed by atoms with van der Waals surface area (Å²) in [5.41, 5.74) is 0. The third-order valence-corrected chi connectivity index (χ3v) is 1.15. The Morgan fingerprint density at radius 3 is 2.82 bits per heavy atom. The van der Waals surface area contributed by atoms with Crippen LogP contribution in [0.4, 0.5) is 4.39 Å². The Morgan fingerprint density at radius 1 is 1.55 bits per heavy atom. The molecular formula is C7H15FN2O. The van der Waals surface area contributed by atoms with Gasteiger partial charge in [-0.15, -0.1) is 0 Å². The SMILES string of the molecule is CCNC(=O)CNCCCF. The first-order valence-electron chi connectivity index (χ1n) is 3.84. The lowest BCUT2D eigenvalue weighted by molar-refractivity contribution is -0.120. The van der Waals surface area contributed by atoms with Crippen LogP contribution in [-0.2, 0) is 4.79 Å². The quantitative estimate of drug-likeness (QED) is 0.543. The minimum absolute atomic E-state index is 0.0358. The molecule has 3 nitrogen and oxygen atoms in total. The van der Waals surface area contributed by atoms with E-state index in [9.17, 15) is 9.18 Å². The lowest BCUT2D eigenvalue weighted by atomic mass is 10.4. The molecule has 0 aromatic carbocycles. The number of hydrogen-bond acceptors (Lipinski definition) is 2. The van der Waals surface area contributed by atoms with Gasteiger partial charge in [-0.2, -0.15) is 0 Å². The Bertz CT molecular complexity index is 109. The van der Waals surface area contributed by atoms with Gasteiger partial charge in [0.15, 0.2) is 0 Å². The summed E-state index contributed by atoms with van der Waals surface area (Å²) < 4.78 is 11.5. The fourth-order valence-electron chi connectivity index (χ4n) is 0.653. The van der Waals surface area contributed by atoms with Gasteiger partial charge in [-0.1, -0.05) is 0 Å². The van der Waals surface area contributed by atoms with Crippen molar-refractivity contribution in [2.45, 2.75) is 13.3 Å². The summed E-state index contributed by atoms with van der Waals surface area (Å²) in [6.45, 7) is 3.02. The predicted octanol–water partition coefficient (Wildman–Crippen LogP) is 0.0717. The summed E-state index contributed by atoms with van der Waals surface area (Å²) in [5.74, 6) is -0.0358. The van der Waals surface area contributed by atoms with Crippen molar-refractivity contribution in [2.24, 2.45) is 0 Å². The van der Waals surface area contributed by atoms with Crippen LogP contribution >= 0.6 is 0 Å². The molecule has 0 saturated heterocycles. The summed E-state index contributed by atoms with van der Waals surface area (Å²) >= 11 is 0. The van der Waals surface area contributed by atoms with Gasteiger partial charge in [0, 0.05) is 6.54 Å². The van der Waals surface area contributed by atoms with Crippen molar-refractivity contribution >= 4 is 5.91 Å². The largest absolute Gasteiger partial charge is 0.355 e. The van der Waals surface area contributed by atoms with E-state index in [1.165, 1.54) is 0 Å². The number of rotatable bonds is 6. The third kappa shape index (κ3) is 7.25. The van der Waals surface area contributed by atoms with E-state index >= 15 is 0 Å². The van der Waals surface area contributed by atoms with Crippen LogP contribution in [0.25, 0.3) is 0 Å². The molecule has 0 unspecified atom stereocenters. The first-order valence-corrected chi connectivity index (χ1v) is 3.84. The maximum atomic E-state index is 11.5. The minimum Gasteiger partial charge on any atom is -0.355 e. The summed E-state index contributed by atoms with van der Waals surface area (Å²) in [5, 5.41) is 5.45. The summed E-state index contributed by atoms with van der Waals surface area (Å²) in [7, 11) is 0. The maximum absolute atomic E-state index is 11.5. The highest BCUT2D eigenvalue weighted by Crippen LogP contribution is 1.75. The minimum atomic E-state index is -0.331. The van der Waals surface area contributed by atoms with E-state index in [4.69, 9.17) is 0 Å². The van der Waals surface area contributed by atoms with Gasteiger partial charge in [-0.25, -0.2) is 0 Å². The molecule has 0 aromatic heterocycles. The van der Waals surface area contributed by atoms with Crippen LogP contribution in [-0.4, -0.2) is 32.2 Å². The van der Waals surface area contributed by atoms with Gasteiger partial charge in [-0.05, 0) is 19.9 Å². The average Bonchev–Trinajstić information content (AvgIpc) is 1.99. The Kier molecular flexibility index (Phi) is 7.03. The van der Waals surface area contributed by atoms with E-state index < -0.39 is 0 Å². The van der Waals surface area contributed by atoms with E-state index in [2.05, 4.69) is 10.6 Å². The van der Waals surface area contributed by atoms with Gasteiger partial charge < -0.3 is 10.6 Å². The van der Waals surface area contributed by atoms with Crippen LogP contribution in [0.3, 0.4) is 0 Å². The molecular weight excluding hydrogens is 147 g/mol. The van der Waals surface area contributed by atoms with Crippen molar-refractivity contribution in [3.05, 3.63) is 0 Å².